The molecule has 2 N–H and O–H groups in total. The van der Waals surface area contributed by atoms with Crippen LogP contribution in [0.4, 0.5) is 0 Å². The lowest BCUT2D eigenvalue weighted by atomic mass is 9.91. The third kappa shape index (κ3) is 32.0. The summed E-state index contributed by atoms with van der Waals surface area (Å²) in [6.07, 6.45) is 41.0. The highest BCUT2D eigenvalue weighted by Crippen LogP contribution is 2.22. The molecule has 0 saturated carbocycles. The third-order valence-electron chi connectivity index (χ3n) is 8.35. The predicted molar refractivity (Wildman–Crippen MR) is 163 cm³/mol. The van der Waals surface area contributed by atoms with Crippen LogP contribution < -0.4 is 0 Å². The molecule has 0 spiro atoms. The summed E-state index contributed by atoms with van der Waals surface area (Å²) in [5, 5.41) is 17.8. The lowest BCUT2D eigenvalue weighted by Gasteiger charge is -2.15. The first-order valence-corrected chi connectivity index (χ1v) is 17.2. The Morgan fingerprint density at radius 3 is 1.00 bits per heavy atom. The molecule has 0 aromatic heterocycles. The number of aliphatic hydroxyl groups is 1. The van der Waals surface area contributed by atoms with Crippen LogP contribution in [0.1, 0.15) is 200 Å². The van der Waals surface area contributed by atoms with E-state index < -0.39 is 0 Å². The molecular formula is C34H70O3. The number of unbranched alkanes of at least 4 members (excludes halogenated alkanes) is 25. The van der Waals surface area contributed by atoms with Crippen LogP contribution in [-0.2, 0) is 4.89 Å². The summed E-state index contributed by atoms with van der Waals surface area (Å²) < 4.78 is 0. The summed E-state index contributed by atoms with van der Waals surface area (Å²) in [5.74, 6) is 0.766. The Kier molecular flexibility index (Phi) is 33.8. The molecule has 0 aliphatic carbocycles. The van der Waals surface area contributed by atoms with Crippen molar-refractivity contribution in [1.82, 2.24) is 0 Å². The van der Waals surface area contributed by atoms with Crippen molar-refractivity contribution in [3.8, 4) is 0 Å². The summed E-state index contributed by atoms with van der Waals surface area (Å²) in [6.45, 7) is 3.16. The lowest BCUT2D eigenvalue weighted by molar-refractivity contribution is -0.242. The molecule has 3 nitrogen and oxygen atoms in total. The van der Waals surface area contributed by atoms with Crippen LogP contribution in [0.2, 0.25) is 0 Å². The number of hydrogen-bond acceptors (Lipinski definition) is 3. The van der Waals surface area contributed by atoms with Crippen LogP contribution in [0.25, 0.3) is 0 Å². The molecule has 1 atom stereocenters. The van der Waals surface area contributed by atoms with Crippen molar-refractivity contribution in [2.75, 3.05) is 13.2 Å². The van der Waals surface area contributed by atoms with E-state index in [2.05, 4.69) is 11.8 Å². The van der Waals surface area contributed by atoms with Crippen molar-refractivity contribution in [3.05, 3.63) is 0 Å². The maximum atomic E-state index is 9.46. The van der Waals surface area contributed by atoms with Crippen LogP contribution in [0.15, 0.2) is 0 Å². The van der Waals surface area contributed by atoms with Crippen molar-refractivity contribution >= 4 is 0 Å². The van der Waals surface area contributed by atoms with E-state index in [-0.39, 0.29) is 0 Å². The lowest BCUT2D eigenvalue weighted by Crippen LogP contribution is -2.03. The Morgan fingerprint density at radius 2 is 0.703 bits per heavy atom. The molecule has 0 aromatic carbocycles. The number of aliphatic hydroxyl groups excluding tert-OH is 1. The maximum absolute atomic E-state index is 9.46. The molecule has 0 bridgehead atoms. The van der Waals surface area contributed by atoms with E-state index in [9.17, 15) is 5.11 Å². The fraction of sp³-hybridized carbons (Fsp3) is 1.00. The van der Waals surface area contributed by atoms with E-state index in [1.165, 1.54) is 180 Å². The second kappa shape index (κ2) is 33.9. The molecule has 0 aliphatic rings. The third-order valence-corrected chi connectivity index (χ3v) is 8.35. The topological polar surface area (TPSA) is 49.7 Å². The van der Waals surface area contributed by atoms with E-state index in [1.54, 1.807) is 0 Å². The van der Waals surface area contributed by atoms with Crippen LogP contribution in [-0.4, -0.2) is 23.6 Å². The average molecular weight is 527 g/mol. The Bertz CT molecular complexity index is 387. The zero-order valence-electron chi connectivity index (χ0n) is 25.5. The second-order valence-electron chi connectivity index (χ2n) is 12.0. The van der Waals surface area contributed by atoms with Crippen molar-refractivity contribution in [1.29, 1.82) is 0 Å². The SMILES string of the molecule is CCCCCCCCCCCCCCC(CCO)CCCCCCCCCCCCCCCCCOO. The van der Waals surface area contributed by atoms with Crippen molar-refractivity contribution in [2.45, 2.75) is 200 Å². The fourth-order valence-corrected chi connectivity index (χ4v) is 5.79. The molecular weight excluding hydrogens is 456 g/mol. The highest BCUT2D eigenvalue weighted by molar-refractivity contribution is 4.61. The van der Waals surface area contributed by atoms with Gasteiger partial charge in [-0.2, -0.15) is 0 Å². The van der Waals surface area contributed by atoms with E-state index >= 15 is 0 Å². The first-order valence-electron chi connectivity index (χ1n) is 17.2. The predicted octanol–water partition coefficient (Wildman–Crippen LogP) is 11.8. The molecule has 3 heteroatoms. The van der Waals surface area contributed by atoms with Crippen molar-refractivity contribution in [2.24, 2.45) is 5.92 Å². The van der Waals surface area contributed by atoms with Gasteiger partial charge in [-0.05, 0) is 18.8 Å². The van der Waals surface area contributed by atoms with Gasteiger partial charge in [0.15, 0.2) is 0 Å². The highest BCUT2D eigenvalue weighted by atomic mass is 17.1. The molecule has 0 radical (unpaired) electrons. The van der Waals surface area contributed by atoms with Crippen molar-refractivity contribution in [3.63, 3.8) is 0 Å². The quantitative estimate of drug-likeness (QED) is 0.0508. The molecule has 37 heavy (non-hydrogen) atoms. The molecule has 224 valence electrons. The molecule has 1 unspecified atom stereocenters. The molecule has 0 aromatic rings. The standard InChI is InChI=1S/C34H70O3/c1-2-3-4-5-6-7-8-14-17-20-23-26-29-34(31-32-35)30-27-24-21-18-15-12-10-9-11-13-16-19-22-25-28-33-37-36/h34-36H,2-33H2,1H3. The van der Waals surface area contributed by atoms with Crippen LogP contribution >= 0.6 is 0 Å². The van der Waals surface area contributed by atoms with Gasteiger partial charge in [-0.1, -0.05) is 187 Å². The fourth-order valence-electron chi connectivity index (χ4n) is 5.79. The van der Waals surface area contributed by atoms with Gasteiger partial charge in [-0.3, -0.25) is 5.26 Å². The van der Waals surface area contributed by atoms with Crippen LogP contribution in [0.3, 0.4) is 0 Å². The summed E-state index contributed by atoms with van der Waals surface area (Å²) in [6, 6.07) is 0. The van der Waals surface area contributed by atoms with Gasteiger partial charge in [0.25, 0.3) is 0 Å². The van der Waals surface area contributed by atoms with Gasteiger partial charge in [0.05, 0.1) is 6.61 Å². The van der Waals surface area contributed by atoms with Gasteiger partial charge in [-0.25, -0.2) is 4.89 Å². The summed E-state index contributed by atoms with van der Waals surface area (Å²) in [4.78, 5) is 4.11. The summed E-state index contributed by atoms with van der Waals surface area (Å²) >= 11 is 0. The van der Waals surface area contributed by atoms with E-state index in [4.69, 9.17) is 5.26 Å². The van der Waals surface area contributed by atoms with E-state index in [1.807, 2.05) is 0 Å². The minimum atomic E-state index is 0.378. The zero-order chi connectivity index (χ0) is 26.9. The number of rotatable bonds is 33. The van der Waals surface area contributed by atoms with E-state index in [0.717, 1.165) is 18.8 Å². The Hall–Kier alpha value is -0.120. The molecule has 0 fully saturated rings. The molecule has 0 saturated heterocycles. The van der Waals surface area contributed by atoms with Crippen molar-refractivity contribution < 1.29 is 15.3 Å². The average Bonchev–Trinajstić information content (AvgIpc) is 2.91. The van der Waals surface area contributed by atoms with Gasteiger partial charge in [0.2, 0.25) is 0 Å². The first-order chi connectivity index (χ1) is 18.3. The molecule has 0 rings (SSSR count). The highest BCUT2D eigenvalue weighted by Gasteiger charge is 2.08. The van der Waals surface area contributed by atoms with Crippen LogP contribution in [0, 0.1) is 5.92 Å². The largest absolute Gasteiger partial charge is 0.396 e. The maximum Gasteiger partial charge on any atom is 0.0819 e. The van der Waals surface area contributed by atoms with Gasteiger partial charge < -0.3 is 5.11 Å². The van der Waals surface area contributed by atoms with Gasteiger partial charge >= 0.3 is 0 Å². The summed E-state index contributed by atoms with van der Waals surface area (Å²) in [5.41, 5.74) is 0. The van der Waals surface area contributed by atoms with Crippen LogP contribution in [0.5, 0.6) is 0 Å². The van der Waals surface area contributed by atoms with Gasteiger partial charge in [-0.15, -0.1) is 0 Å². The molecule has 0 amide bonds. The Morgan fingerprint density at radius 1 is 0.405 bits per heavy atom. The second-order valence-corrected chi connectivity index (χ2v) is 12.0. The summed E-state index contributed by atoms with van der Waals surface area (Å²) in [7, 11) is 0. The van der Waals surface area contributed by atoms with E-state index in [0.29, 0.717) is 13.2 Å². The monoisotopic (exact) mass is 527 g/mol. The van der Waals surface area contributed by atoms with Gasteiger partial charge in [0.1, 0.15) is 0 Å². The normalized spacial score (nSPS) is 12.4. The first kappa shape index (κ1) is 36.9. The minimum absolute atomic E-state index is 0.378. The smallest absolute Gasteiger partial charge is 0.0819 e. The minimum Gasteiger partial charge on any atom is -0.396 e. The zero-order valence-corrected chi connectivity index (χ0v) is 25.5. The number of hydrogen-bond donors (Lipinski definition) is 2. The molecule has 0 aliphatic heterocycles. The molecule has 0 heterocycles. The Labute approximate surface area is 233 Å². The Balaban J connectivity index is 3.35. The van der Waals surface area contributed by atoms with Gasteiger partial charge in [0, 0.05) is 6.61 Å².